The number of carbonyl (C=O) groups excluding carboxylic acids is 1. The van der Waals surface area contributed by atoms with Crippen LogP contribution in [-0.2, 0) is 28.9 Å². The van der Waals surface area contributed by atoms with Gasteiger partial charge in [0, 0.05) is 37.5 Å². The predicted molar refractivity (Wildman–Crippen MR) is 146 cm³/mol. The Labute approximate surface area is 234 Å². The number of Topliss-reactive ketones (excluding diaryl/α,β-unsaturated/α-hetero) is 1. The number of ketones is 1. The van der Waals surface area contributed by atoms with Gasteiger partial charge in [0.2, 0.25) is 5.95 Å². The number of aromatic nitrogens is 2. The number of ether oxygens (including phenoxy) is 1. The molecule has 0 radical (unpaired) electrons. The highest BCUT2D eigenvalue weighted by molar-refractivity contribution is 7.80. The molecule has 1 heterocycles. The van der Waals surface area contributed by atoms with Gasteiger partial charge < -0.3 is 15.0 Å². The summed E-state index contributed by atoms with van der Waals surface area (Å²) in [4.78, 5) is 22.9. The molecule has 0 spiro atoms. The predicted octanol–water partition coefficient (Wildman–Crippen LogP) is 5.93. The molecule has 0 aliphatic carbocycles. The van der Waals surface area contributed by atoms with Crippen LogP contribution in [0.1, 0.15) is 11.1 Å². The average Bonchev–Trinajstić information content (AvgIpc) is 2.91. The van der Waals surface area contributed by atoms with Crippen LogP contribution in [0.15, 0.2) is 79.0 Å². The zero-order valence-corrected chi connectivity index (χ0v) is 22.2. The summed E-state index contributed by atoms with van der Waals surface area (Å²) in [6.45, 7) is 0. The lowest BCUT2D eigenvalue weighted by Gasteiger charge is -2.19. The fourth-order valence-electron chi connectivity index (χ4n) is 3.80. The quantitative estimate of drug-likeness (QED) is 0.146. The van der Waals surface area contributed by atoms with Gasteiger partial charge in [0.1, 0.15) is 23.2 Å². The Morgan fingerprint density at radius 2 is 1.63 bits per heavy atom. The fraction of sp³-hybridized carbons (Fsp3) is 0.148. The first-order valence-electron chi connectivity index (χ1n) is 11.9. The summed E-state index contributed by atoms with van der Waals surface area (Å²) >= 11 is -2.44. The van der Waals surface area contributed by atoms with Crippen LogP contribution in [0.5, 0.6) is 5.75 Å². The molecule has 1 unspecified atom stereocenters. The zero-order chi connectivity index (χ0) is 29.6. The molecule has 0 aliphatic rings. The number of alkyl halides is 3. The van der Waals surface area contributed by atoms with E-state index < -0.39 is 23.4 Å². The Morgan fingerprint density at radius 3 is 2.24 bits per heavy atom. The molecule has 41 heavy (non-hydrogen) atoms. The molecule has 3 aromatic carbocycles. The Bertz CT molecular complexity index is 1540. The minimum Gasteiger partial charge on any atom is -0.406 e. The van der Waals surface area contributed by atoms with Crippen LogP contribution in [-0.4, -0.2) is 37.9 Å². The van der Waals surface area contributed by atoms with E-state index in [4.69, 9.17) is 4.55 Å². The van der Waals surface area contributed by atoms with Crippen LogP contribution >= 0.6 is 0 Å². The standard InChI is InChI=1S/C27H23F4N5O4S/c1-36(25-12-13-32-26(34-25)33-19-6-11-23(28)24(16-19)35-41(38)39)20-7-2-17(3-8-20)14-21(37)15-18-4-9-22(10-5-18)40-27(29,30)31/h2-13,16,35H,14-15H2,1H3,(H,38,39)(H,32,33,34). The van der Waals surface area contributed by atoms with E-state index >= 15 is 0 Å². The molecule has 1 aromatic heterocycles. The molecular formula is C27H23F4N5O4S. The number of rotatable bonds is 11. The molecule has 0 aliphatic heterocycles. The second-order valence-electron chi connectivity index (χ2n) is 8.72. The molecule has 3 N–H and O–H groups in total. The zero-order valence-electron chi connectivity index (χ0n) is 21.4. The van der Waals surface area contributed by atoms with Crippen molar-refractivity contribution in [2.24, 2.45) is 0 Å². The molecule has 4 rings (SSSR count). The van der Waals surface area contributed by atoms with Crippen molar-refractivity contribution in [3.63, 3.8) is 0 Å². The van der Waals surface area contributed by atoms with E-state index in [2.05, 4.69) is 24.7 Å². The number of carbonyl (C=O) groups is 1. The van der Waals surface area contributed by atoms with Gasteiger partial charge in [-0.05, 0) is 59.7 Å². The van der Waals surface area contributed by atoms with Crippen molar-refractivity contribution in [3.8, 4) is 5.75 Å². The molecule has 0 fully saturated rings. The third kappa shape index (κ3) is 8.71. The van der Waals surface area contributed by atoms with Gasteiger partial charge in [-0.15, -0.1) is 13.2 Å². The smallest absolute Gasteiger partial charge is 0.406 e. The largest absolute Gasteiger partial charge is 0.573 e. The van der Waals surface area contributed by atoms with Crippen LogP contribution in [0.4, 0.5) is 46.4 Å². The lowest BCUT2D eigenvalue weighted by Crippen LogP contribution is -2.17. The van der Waals surface area contributed by atoms with Crippen LogP contribution in [0.3, 0.4) is 0 Å². The van der Waals surface area contributed by atoms with Crippen LogP contribution in [0.25, 0.3) is 0 Å². The van der Waals surface area contributed by atoms with Crippen molar-refractivity contribution in [1.29, 1.82) is 0 Å². The summed E-state index contributed by atoms with van der Waals surface area (Å²) in [5, 5.41) is 2.92. The minimum absolute atomic E-state index is 0.0636. The van der Waals surface area contributed by atoms with Gasteiger partial charge in [-0.3, -0.25) is 14.1 Å². The highest BCUT2D eigenvalue weighted by atomic mass is 32.2. The number of hydrogen-bond donors (Lipinski definition) is 3. The molecule has 4 aromatic rings. The summed E-state index contributed by atoms with van der Waals surface area (Å²) in [5.74, 6) is -0.422. The monoisotopic (exact) mass is 589 g/mol. The third-order valence-electron chi connectivity index (χ3n) is 5.69. The van der Waals surface area contributed by atoms with Crippen molar-refractivity contribution in [2.75, 3.05) is 22.0 Å². The SMILES string of the molecule is CN(c1ccc(CC(=O)Cc2ccc(OC(F)(F)F)cc2)cc1)c1ccnc(Nc2ccc(F)c(NS(=O)O)c2)n1. The van der Waals surface area contributed by atoms with Gasteiger partial charge in [0.15, 0.2) is 0 Å². The van der Waals surface area contributed by atoms with Gasteiger partial charge >= 0.3 is 6.36 Å². The molecule has 0 saturated heterocycles. The van der Waals surface area contributed by atoms with Gasteiger partial charge in [-0.25, -0.2) is 13.6 Å². The van der Waals surface area contributed by atoms with Gasteiger partial charge in [0.05, 0.1) is 5.69 Å². The molecule has 14 heteroatoms. The van der Waals surface area contributed by atoms with Gasteiger partial charge in [-0.2, -0.15) is 4.98 Å². The molecule has 9 nitrogen and oxygen atoms in total. The summed E-state index contributed by atoms with van der Waals surface area (Å²) in [7, 11) is 1.79. The first-order valence-corrected chi connectivity index (χ1v) is 13.0. The van der Waals surface area contributed by atoms with Crippen LogP contribution in [0, 0.1) is 5.82 Å². The molecule has 0 bridgehead atoms. The van der Waals surface area contributed by atoms with E-state index in [1.807, 2.05) is 12.1 Å². The highest BCUT2D eigenvalue weighted by Gasteiger charge is 2.31. The molecule has 1 atom stereocenters. The third-order valence-corrected chi connectivity index (χ3v) is 6.08. The minimum atomic E-state index is -4.78. The second kappa shape index (κ2) is 12.7. The first kappa shape index (κ1) is 29.4. The number of nitrogens with zero attached hydrogens (tertiary/aromatic N) is 3. The lowest BCUT2D eigenvalue weighted by atomic mass is 10.0. The maximum absolute atomic E-state index is 13.9. The fourth-order valence-corrected chi connectivity index (χ4v) is 4.14. The van der Waals surface area contributed by atoms with Crippen molar-refractivity contribution in [2.45, 2.75) is 19.2 Å². The second-order valence-corrected chi connectivity index (χ2v) is 9.42. The first-order chi connectivity index (χ1) is 19.4. The van der Waals surface area contributed by atoms with Gasteiger partial charge in [0.25, 0.3) is 11.3 Å². The van der Waals surface area contributed by atoms with Gasteiger partial charge in [-0.1, -0.05) is 24.3 Å². The highest BCUT2D eigenvalue weighted by Crippen LogP contribution is 2.26. The van der Waals surface area contributed by atoms with Crippen molar-refractivity contribution in [1.82, 2.24) is 9.97 Å². The van der Waals surface area contributed by atoms with E-state index in [1.54, 1.807) is 30.1 Å². The number of benzene rings is 3. The summed E-state index contributed by atoms with van der Waals surface area (Å²) < 4.78 is 76.6. The Kier molecular flexibility index (Phi) is 9.14. The van der Waals surface area contributed by atoms with Crippen LogP contribution in [0.2, 0.25) is 0 Å². The Hall–Kier alpha value is -4.56. The maximum Gasteiger partial charge on any atom is 0.573 e. The molecule has 0 amide bonds. The average molecular weight is 590 g/mol. The molecule has 0 saturated carbocycles. The molecular weight excluding hydrogens is 566 g/mol. The van der Waals surface area contributed by atoms with E-state index in [-0.39, 0.29) is 36.0 Å². The molecule has 214 valence electrons. The Balaban J connectivity index is 1.36. The van der Waals surface area contributed by atoms with Crippen molar-refractivity contribution >= 4 is 45.9 Å². The van der Waals surface area contributed by atoms with E-state index in [9.17, 15) is 26.6 Å². The summed E-state index contributed by atoms with van der Waals surface area (Å²) in [6.07, 6.45) is -3.04. The van der Waals surface area contributed by atoms with E-state index in [0.29, 0.717) is 17.1 Å². The number of nitrogens with one attached hydrogen (secondary N) is 2. The normalized spacial score (nSPS) is 12.0. The van der Waals surface area contributed by atoms with Crippen LogP contribution < -0.4 is 19.7 Å². The van der Waals surface area contributed by atoms with Crippen molar-refractivity contribution < 1.29 is 35.9 Å². The van der Waals surface area contributed by atoms with Crippen molar-refractivity contribution in [3.05, 3.63) is 95.9 Å². The summed E-state index contributed by atoms with van der Waals surface area (Å²) in [6, 6.07) is 17.9. The summed E-state index contributed by atoms with van der Waals surface area (Å²) in [5.41, 5.74) is 2.32. The number of halogens is 4. The maximum atomic E-state index is 13.9. The topological polar surface area (TPSA) is 117 Å². The van der Waals surface area contributed by atoms with E-state index in [1.165, 1.54) is 42.6 Å². The number of hydrogen-bond acceptors (Lipinski definition) is 7. The Morgan fingerprint density at radius 1 is 1.00 bits per heavy atom. The number of anilines is 5. The van der Waals surface area contributed by atoms with E-state index in [0.717, 1.165) is 17.3 Å². The lowest BCUT2D eigenvalue weighted by molar-refractivity contribution is -0.274.